The number of hydrogen-bond donors (Lipinski definition) is 3. The topological polar surface area (TPSA) is 78.4 Å². The Labute approximate surface area is 130 Å². The number of carbonyl (C=O) groups excluding carboxylic acids is 1. The third-order valence-corrected chi connectivity index (χ3v) is 4.08. The Kier molecular flexibility index (Phi) is 5.58. The minimum atomic E-state index is -0.954. The van der Waals surface area contributed by atoms with Crippen molar-refractivity contribution >= 4 is 12.0 Å². The van der Waals surface area contributed by atoms with Crippen LogP contribution in [0.5, 0.6) is 0 Å². The Morgan fingerprint density at radius 1 is 1.23 bits per heavy atom. The highest BCUT2D eigenvalue weighted by atomic mass is 16.4. The number of carbonyl (C=O) groups is 2. The number of carboxylic acid groups (broad SMARTS) is 1. The van der Waals surface area contributed by atoms with Crippen molar-refractivity contribution in [1.82, 2.24) is 10.6 Å². The van der Waals surface area contributed by atoms with Crippen molar-refractivity contribution in [3.63, 3.8) is 0 Å². The van der Waals surface area contributed by atoms with E-state index in [-0.39, 0.29) is 11.6 Å². The van der Waals surface area contributed by atoms with Gasteiger partial charge in [0.05, 0.1) is 5.56 Å². The number of carboxylic acids is 1. The van der Waals surface area contributed by atoms with E-state index in [1.807, 2.05) is 0 Å². The second-order valence-electron chi connectivity index (χ2n) is 5.70. The number of allylic oxidation sites excluding steroid dienone is 1. The molecule has 1 aromatic rings. The summed E-state index contributed by atoms with van der Waals surface area (Å²) in [6.07, 6.45) is 6.75. The van der Waals surface area contributed by atoms with E-state index in [9.17, 15) is 9.59 Å². The van der Waals surface area contributed by atoms with E-state index in [1.165, 1.54) is 43.4 Å². The summed E-state index contributed by atoms with van der Waals surface area (Å²) in [6.45, 7) is 2.42. The van der Waals surface area contributed by atoms with Gasteiger partial charge in [-0.25, -0.2) is 9.59 Å². The summed E-state index contributed by atoms with van der Waals surface area (Å²) in [5.41, 5.74) is 2.32. The average Bonchev–Trinajstić information content (AvgIpc) is 3.05. The number of benzene rings is 1. The molecule has 0 unspecified atom stereocenters. The van der Waals surface area contributed by atoms with Crippen LogP contribution in [0.2, 0.25) is 0 Å². The highest BCUT2D eigenvalue weighted by Gasteiger charge is 2.16. The maximum atomic E-state index is 11.7. The van der Waals surface area contributed by atoms with Crippen molar-refractivity contribution in [1.29, 1.82) is 0 Å². The molecule has 0 aliphatic heterocycles. The van der Waals surface area contributed by atoms with Gasteiger partial charge < -0.3 is 15.7 Å². The first-order valence-electron chi connectivity index (χ1n) is 7.59. The molecule has 0 heterocycles. The molecule has 1 saturated carbocycles. The second kappa shape index (κ2) is 7.64. The largest absolute Gasteiger partial charge is 0.478 e. The minimum absolute atomic E-state index is 0.239. The quantitative estimate of drug-likeness (QED) is 0.781. The SMILES string of the molecule is C/C(=C\NC(=O)NCc1ccc(C(=O)O)cc1)C1CCCC1. The molecule has 5 heteroatoms. The molecule has 0 bridgehead atoms. The molecular formula is C17H22N2O3. The number of hydrogen-bond acceptors (Lipinski definition) is 2. The molecule has 0 radical (unpaired) electrons. The van der Waals surface area contributed by atoms with E-state index in [0.29, 0.717) is 12.5 Å². The third-order valence-electron chi connectivity index (χ3n) is 4.08. The lowest BCUT2D eigenvalue weighted by atomic mass is 10.0. The van der Waals surface area contributed by atoms with Crippen LogP contribution in [0.3, 0.4) is 0 Å². The average molecular weight is 302 g/mol. The monoisotopic (exact) mass is 302 g/mol. The molecule has 0 aromatic heterocycles. The molecule has 1 aromatic carbocycles. The summed E-state index contributed by atoms with van der Waals surface area (Å²) >= 11 is 0. The summed E-state index contributed by atoms with van der Waals surface area (Å²) in [7, 11) is 0. The maximum absolute atomic E-state index is 11.7. The van der Waals surface area contributed by atoms with Crippen LogP contribution in [0, 0.1) is 5.92 Å². The van der Waals surface area contributed by atoms with Crippen molar-refractivity contribution in [3.8, 4) is 0 Å². The van der Waals surface area contributed by atoms with Gasteiger partial charge in [-0.15, -0.1) is 0 Å². The van der Waals surface area contributed by atoms with Crippen LogP contribution >= 0.6 is 0 Å². The van der Waals surface area contributed by atoms with Gasteiger partial charge in [0, 0.05) is 12.7 Å². The fourth-order valence-electron chi connectivity index (χ4n) is 2.68. The Bertz CT molecular complexity index is 558. The molecular weight excluding hydrogens is 280 g/mol. The molecule has 5 nitrogen and oxygen atoms in total. The van der Waals surface area contributed by atoms with Gasteiger partial charge in [0.1, 0.15) is 0 Å². The van der Waals surface area contributed by atoms with Crippen LogP contribution in [0.25, 0.3) is 0 Å². The zero-order chi connectivity index (χ0) is 15.9. The first-order valence-corrected chi connectivity index (χ1v) is 7.59. The molecule has 1 aliphatic rings. The minimum Gasteiger partial charge on any atom is -0.478 e. The van der Waals surface area contributed by atoms with Crippen LogP contribution in [0.15, 0.2) is 36.0 Å². The van der Waals surface area contributed by atoms with Crippen LogP contribution in [-0.4, -0.2) is 17.1 Å². The molecule has 1 fully saturated rings. The van der Waals surface area contributed by atoms with E-state index in [0.717, 1.165) is 5.56 Å². The lowest BCUT2D eigenvalue weighted by Gasteiger charge is -2.10. The predicted molar refractivity (Wildman–Crippen MR) is 84.5 cm³/mol. The Hall–Kier alpha value is -2.30. The van der Waals surface area contributed by atoms with Crippen LogP contribution in [-0.2, 0) is 6.54 Å². The standard InChI is InChI=1S/C17H22N2O3/c1-12(14-4-2-3-5-14)10-18-17(22)19-11-13-6-8-15(9-7-13)16(20)21/h6-10,14H,2-5,11H2,1H3,(H,20,21)(H2,18,19,22)/b12-10+. The zero-order valence-corrected chi connectivity index (χ0v) is 12.8. The molecule has 0 saturated heterocycles. The van der Waals surface area contributed by atoms with Gasteiger partial charge in [-0.1, -0.05) is 30.5 Å². The van der Waals surface area contributed by atoms with E-state index in [1.54, 1.807) is 18.3 Å². The van der Waals surface area contributed by atoms with E-state index >= 15 is 0 Å². The summed E-state index contributed by atoms with van der Waals surface area (Å²) in [5.74, 6) is -0.353. The smallest absolute Gasteiger partial charge is 0.335 e. The highest BCUT2D eigenvalue weighted by Crippen LogP contribution is 2.30. The lowest BCUT2D eigenvalue weighted by Crippen LogP contribution is -2.32. The Balaban J connectivity index is 1.77. The van der Waals surface area contributed by atoms with Crippen molar-refractivity contribution in [3.05, 3.63) is 47.2 Å². The predicted octanol–water partition coefficient (Wildman–Crippen LogP) is 3.28. The van der Waals surface area contributed by atoms with Crippen molar-refractivity contribution in [2.75, 3.05) is 0 Å². The molecule has 2 rings (SSSR count). The molecule has 0 atom stereocenters. The van der Waals surface area contributed by atoms with Crippen molar-refractivity contribution in [2.24, 2.45) is 5.92 Å². The molecule has 2 amide bonds. The summed E-state index contributed by atoms with van der Waals surface area (Å²) in [5, 5.41) is 14.3. The van der Waals surface area contributed by atoms with Crippen LogP contribution in [0.1, 0.15) is 48.5 Å². The van der Waals surface area contributed by atoms with E-state index < -0.39 is 5.97 Å². The van der Waals surface area contributed by atoms with E-state index in [4.69, 9.17) is 5.11 Å². The lowest BCUT2D eigenvalue weighted by molar-refractivity contribution is 0.0697. The third kappa shape index (κ3) is 4.62. The van der Waals surface area contributed by atoms with Gasteiger partial charge in [0.15, 0.2) is 0 Å². The van der Waals surface area contributed by atoms with Crippen LogP contribution in [0.4, 0.5) is 4.79 Å². The summed E-state index contributed by atoms with van der Waals surface area (Å²) < 4.78 is 0. The molecule has 0 spiro atoms. The fraction of sp³-hybridized carbons (Fsp3) is 0.412. The number of amides is 2. The normalized spacial score (nSPS) is 15.6. The fourth-order valence-corrected chi connectivity index (χ4v) is 2.68. The molecule has 22 heavy (non-hydrogen) atoms. The Morgan fingerprint density at radius 3 is 2.45 bits per heavy atom. The first-order chi connectivity index (χ1) is 10.6. The summed E-state index contributed by atoms with van der Waals surface area (Å²) in [6, 6.07) is 6.20. The van der Waals surface area contributed by atoms with Crippen molar-refractivity contribution in [2.45, 2.75) is 39.2 Å². The number of rotatable bonds is 5. The second-order valence-corrected chi connectivity index (χ2v) is 5.70. The van der Waals surface area contributed by atoms with Gasteiger partial charge in [-0.3, -0.25) is 0 Å². The first kappa shape index (κ1) is 16.1. The van der Waals surface area contributed by atoms with E-state index in [2.05, 4.69) is 17.6 Å². The highest BCUT2D eigenvalue weighted by molar-refractivity contribution is 5.87. The number of urea groups is 1. The van der Waals surface area contributed by atoms with Crippen LogP contribution < -0.4 is 10.6 Å². The molecule has 118 valence electrons. The zero-order valence-electron chi connectivity index (χ0n) is 12.8. The maximum Gasteiger partial charge on any atom is 0.335 e. The molecule has 3 N–H and O–H groups in total. The van der Waals surface area contributed by atoms with Gasteiger partial charge in [-0.05, 0) is 43.4 Å². The number of nitrogens with one attached hydrogen (secondary N) is 2. The van der Waals surface area contributed by atoms with Gasteiger partial charge >= 0.3 is 12.0 Å². The molecule has 1 aliphatic carbocycles. The Morgan fingerprint density at radius 2 is 1.86 bits per heavy atom. The van der Waals surface area contributed by atoms with Gasteiger partial charge in [0.2, 0.25) is 0 Å². The number of aromatic carboxylic acids is 1. The van der Waals surface area contributed by atoms with Crippen molar-refractivity contribution < 1.29 is 14.7 Å². The van der Waals surface area contributed by atoms with Gasteiger partial charge in [0.25, 0.3) is 0 Å². The summed E-state index contributed by atoms with van der Waals surface area (Å²) in [4.78, 5) is 22.5. The van der Waals surface area contributed by atoms with Gasteiger partial charge in [-0.2, -0.15) is 0 Å².